The number of rotatable bonds is 2. The second-order valence-electron chi connectivity index (χ2n) is 6.89. The van der Waals surface area contributed by atoms with E-state index in [2.05, 4.69) is 4.98 Å². The molecule has 0 N–H and O–H groups in total. The summed E-state index contributed by atoms with van der Waals surface area (Å²) in [5.74, 6) is 0.985. The molecule has 134 valence electrons. The van der Waals surface area contributed by atoms with Crippen LogP contribution >= 0.6 is 0 Å². The molecule has 0 radical (unpaired) electrons. The number of fused-ring (bicyclic) bond motifs is 1. The first-order valence-electron chi connectivity index (χ1n) is 8.85. The molecule has 3 aromatic heterocycles. The number of amides is 2. The van der Waals surface area contributed by atoms with Crippen LogP contribution in [0.4, 0.5) is 4.79 Å². The van der Waals surface area contributed by atoms with Gasteiger partial charge in [-0.25, -0.2) is 14.3 Å². The molecule has 4 rings (SSSR count). The third-order valence-electron chi connectivity index (χ3n) is 4.78. The van der Waals surface area contributed by atoms with Gasteiger partial charge in [-0.05, 0) is 31.0 Å². The number of urea groups is 1. The molecule has 0 spiro atoms. The van der Waals surface area contributed by atoms with Crippen molar-refractivity contribution >= 4 is 11.7 Å². The van der Waals surface area contributed by atoms with Gasteiger partial charge in [0.05, 0.1) is 0 Å². The molecule has 0 saturated carbocycles. The summed E-state index contributed by atoms with van der Waals surface area (Å²) in [6, 6.07) is 8.01. The number of piperidine rings is 1. The molecule has 0 bridgehead atoms. The number of carbonyl (C=O) groups is 1. The van der Waals surface area contributed by atoms with Gasteiger partial charge in [-0.2, -0.15) is 5.10 Å². The van der Waals surface area contributed by atoms with Gasteiger partial charge in [-0.1, -0.05) is 6.07 Å². The summed E-state index contributed by atoms with van der Waals surface area (Å²) in [5, 5.41) is 4.69. The molecule has 1 atom stereocenters. The minimum atomic E-state index is 0.0531. The molecule has 1 fully saturated rings. The van der Waals surface area contributed by atoms with Crippen LogP contribution in [0.15, 0.2) is 42.9 Å². The summed E-state index contributed by atoms with van der Waals surface area (Å²) in [6.45, 7) is 1.47. The van der Waals surface area contributed by atoms with Gasteiger partial charge in [0, 0.05) is 62.8 Å². The maximum Gasteiger partial charge on any atom is 0.319 e. The van der Waals surface area contributed by atoms with E-state index in [-0.39, 0.29) is 11.9 Å². The fraction of sp³-hybridized carbons (Fsp3) is 0.368. The molecular formula is C19H22N6O. The second-order valence-corrected chi connectivity index (χ2v) is 6.89. The van der Waals surface area contributed by atoms with E-state index in [1.807, 2.05) is 46.1 Å². The molecule has 1 aliphatic rings. The van der Waals surface area contributed by atoms with Gasteiger partial charge in [0.2, 0.25) is 0 Å². The zero-order valence-electron chi connectivity index (χ0n) is 15.0. The average molecular weight is 350 g/mol. The normalized spacial score (nSPS) is 17.5. The smallest absolute Gasteiger partial charge is 0.319 e. The lowest BCUT2D eigenvalue weighted by atomic mass is 9.98. The highest BCUT2D eigenvalue weighted by Crippen LogP contribution is 2.26. The first kappa shape index (κ1) is 16.5. The van der Waals surface area contributed by atoms with Crippen LogP contribution in [0.3, 0.4) is 0 Å². The predicted octanol–water partition coefficient (Wildman–Crippen LogP) is 2.65. The summed E-state index contributed by atoms with van der Waals surface area (Å²) in [4.78, 5) is 24.6. The number of likely N-dealkylation sites (tertiary alicyclic amines) is 1. The number of aromatic nitrogens is 4. The monoisotopic (exact) mass is 350 g/mol. The Bertz CT molecular complexity index is 920. The van der Waals surface area contributed by atoms with Crippen molar-refractivity contribution in [1.82, 2.24) is 29.4 Å². The Labute approximate surface area is 152 Å². The van der Waals surface area contributed by atoms with Crippen molar-refractivity contribution < 1.29 is 4.79 Å². The van der Waals surface area contributed by atoms with Crippen molar-refractivity contribution in [1.29, 1.82) is 0 Å². The fourth-order valence-electron chi connectivity index (χ4n) is 3.42. The minimum Gasteiger partial charge on any atom is -0.331 e. The van der Waals surface area contributed by atoms with Gasteiger partial charge >= 0.3 is 6.03 Å². The average Bonchev–Trinajstić information content (AvgIpc) is 3.11. The van der Waals surface area contributed by atoms with Crippen LogP contribution < -0.4 is 0 Å². The lowest BCUT2D eigenvalue weighted by Crippen LogP contribution is -2.44. The molecule has 0 aliphatic carbocycles. The fourth-order valence-corrected chi connectivity index (χ4v) is 3.42. The van der Waals surface area contributed by atoms with E-state index in [1.165, 1.54) is 0 Å². The zero-order chi connectivity index (χ0) is 18.1. The van der Waals surface area contributed by atoms with Gasteiger partial charge in [0.1, 0.15) is 0 Å². The summed E-state index contributed by atoms with van der Waals surface area (Å²) in [5.41, 5.74) is 2.92. The van der Waals surface area contributed by atoms with E-state index in [9.17, 15) is 4.79 Å². The molecule has 0 aromatic carbocycles. The van der Waals surface area contributed by atoms with Crippen LogP contribution in [0, 0.1) is 0 Å². The van der Waals surface area contributed by atoms with E-state index in [4.69, 9.17) is 10.1 Å². The van der Waals surface area contributed by atoms with Gasteiger partial charge in [0.25, 0.3) is 0 Å². The number of hydrogen-bond donors (Lipinski definition) is 0. The lowest BCUT2D eigenvalue weighted by Gasteiger charge is -2.33. The maximum atomic E-state index is 12.2. The third kappa shape index (κ3) is 3.12. The maximum absolute atomic E-state index is 12.2. The zero-order valence-corrected chi connectivity index (χ0v) is 15.0. The Morgan fingerprint density at radius 1 is 1.23 bits per heavy atom. The Balaban J connectivity index is 1.60. The van der Waals surface area contributed by atoms with Crippen molar-refractivity contribution in [3.05, 3.63) is 48.7 Å². The summed E-state index contributed by atoms with van der Waals surface area (Å²) in [6.07, 6.45) is 7.56. The van der Waals surface area contributed by atoms with E-state index in [0.717, 1.165) is 42.0 Å². The van der Waals surface area contributed by atoms with Crippen LogP contribution in [0.2, 0.25) is 0 Å². The summed E-state index contributed by atoms with van der Waals surface area (Å²) < 4.78 is 1.82. The van der Waals surface area contributed by atoms with Crippen LogP contribution in [0.5, 0.6) is 0 Å². The van der Waals surface area contributed by atoms with Gasteiger partial charge < -0.3 is 9.80 Å². The molecule has 7 heteroatoms. The van der Waals surface area contributed by atoms with Crippen molar-refractivity contribution in [3.63, 3.8) is 0 Å². The Hall–Kier alpha value is -2.96. The van der Waals surface area contributed by atoms with E-state index in [1.54, 1.807) is 25.2 Å². The summed E-state index contributed by atoms with van der Waals surface area (Å²) in [7, 11) is 3.57. The van der Waals surface area contributed by atoms with Gasteiger partial charge in [-0.15, -0.1) is 0 Å². The Morgan fingerprint density at radius 2 is 2.12 bits per heavy atom. The lowest BCUT2D eigenvalue weighted by molar-refractivity contribution is 0.153. The quantitative estimate of drug-likeness (QED) is 0.713. The molecule has 0 unspecified atom stereocenters. The van der Waals surface area contributed by atoms with E-state index >= 15 is 0 Å². The largest absolute Gasteiger partial charge is 0.331 e. The molecular weight excluding hydrogens is 328 g/mol. The van der Waals surface area contributed by atoms with Crippen molar-refractivity contribution in [3.8, 4) is 11.1 Å². The van der Waals surface area contributed by atoms with Crippen LogP contribution in [0.1, 0.15) is 24.6 Å². The minimum absolute atomic E-state index is 0.0531. The first-order chi connectivity index (χ1) is 12.6. The first-order valence-corrected chi connectivity index (χ1v) is 8.85. The van der Waals surface area contributed by atoms with E-state index < -0.39 is 0 Å². The molecule has 3 aromatic rings. The van der Waals surface area contributed by atoms with Crippen LogP contribution in [-0.2, 0) is 0 Å². The highest BCUT2D eigenvalue weighted by atomic mass is 16.2. The number of carbonyl (C=O) groups excluding carboxylic acids is 1. The van der Waals surface area contributed by atoms with Crippen molar-refractivity contribution in [2.24, 2.45) is 0 Å². The second kappa shape index (κ2) is 6.74. The Kier molecular flexibility index (Phi) is 4.28. The SMILES string of the molecule is CN(C)C(=O)N1CCC[C@@H](c2nc3ccc(-c4cccnc4)cn3n2)C1. The predicted molar refractivity (Wildman–Crippen MR) is 98.8 cm³/mol. The van der Waals surface area contributed by atoms with Gasteiger partial charge in [-0.3, -0.25) is 4.98 Å². The molecule has 4 heterocycles. The topological polar surface area (TPSA) is 66.6 Å². The molecule has 1 aliphatic heterocycles. The standard InChI is InChI=1S/C19H22N6O/c1-23(2)19(26)24-10-4-6-16(12-24)18-21-17-8-7-15(13-25(17)22-18)14-5-3-9-20-11-14/h3,5,7-9,11,13,16H,4,6,10,12H2,1-2H3/t16-/m1/s1. The summed E-state index contributed by atoms with van der Waals surface area (Å²) >= 11 is 0. The molecule has 1 saturated heterocycles. The van der Waals surface area contributed by atoms with Crippen molar-refractivity contribution in [2.45, 2.75) is 18.8 Å². The highest BCUT2D eigenvalue weighted by Gasteiger charge is 2.28. The van der Waals surface area contributed by atoms with E-state index in [0.29, 0.717) is 6.54 Å². The van der Waals surface area contributed by atoms with Gasteiger partial charge in [0.15, 0.2) is 11.5 Å². The van der Waals surface area contributed by atoms with Crippen LogP contribution in [-0.4, -0.2) is 62.6 Å². The Morgan fingerprint density at radius 3 is 2.88 bits per heavy atom. The number of pyridine rings is 2. The molecule has 7 nitrogen and oxygen atoms in total. The van der Waals surface area contributed by atoms with Crippen LogP contribution in [0.25, 0.3) is 16.8 Å². The number of nitrogens with zero attached hydrogens (tertiary/aromatic N) is 6. The third-order valence-corrected chi connectivity index (χ3v) is 4.78. The number of hydrogen-bond acceptors (Lipinski definition) is 4. The molecule has 2 amide bonds. The van der Waals surface area contributed by atoms with Crippen molar-refractivity contribution in [2.75, 3.05) is 27.2 Å². The highest BCUT2D eigenvalue weighted by molar-refractivity contribution is 5.74. The molecule has 26 heavy (non-hydrogen) atoms.